The Balaban J connectivity index is 0.000000386. The van der Waals surface area contributed by atoms with Gasteiger partial charge in [-0.15, -0.1) is 0 Å². The van der Waals surface area contributed by atoms with Crippen molar-refractivity contribution in [2.45, 2.75) is 6.42 Å². The fourth-order valence-corrected chi connectivity index (χ4v) is 1.53. The predicted molar refractivity (Wildman–Crippen MR) is 63.0 cm³/mol. The van der Waals surface area contributed by atoms with E-state index < -0.39 is 0 Å². The van der Waals surface area contributed by atoms with Gasteiger partial charge in [0, 0.05) is 17.1 Å². The molecule has 0 fully saturated rings. The van der Waals surface area contributed by atoms with Gasteiger partial charge in [-0.05, 0) is 36.7 Å². The van der Waals surface area contributed by atoms with Gasteiger partial charge in [0.25, 0.3) is 0 Å². The number of nitrogens with two attached hydrogens (primary N) is 2. The SMILES string of the molecule is NC=O.NCCc1c[nH]c2ccc(O)cc12. The summed E-state index contributed by atoms with van der Waals surface area (Å²) in [5.41, 5.74) is 11.8. The van der Waals surface area contributed by atoms with Crippen molar-refractivity contribution < 1.29 is 9.90 Å². The fraction of sp³-hybridized carbons (Fsp3) is 0.182. The number of aromatic hydroxyl groups is 1. The molecule has 1 aromatic heterocycles. The Hall–Kier alpha value is -2.01. The smallest absolute Gasteiger partial charge is 0.204 e. The third-order valence-electron chi connectivity index (χ3n) is 2.16. The molecule has 1 aromatic carbocycles. The van der Waals surface area contributed by atoms with E-state index in [1.807, 2.05) is 12.3 Å². The van der Waals surface area contributed by atoms with Crippen molar-refractivity contribution in [1.29, 1.82) is 0 Å². The van der Waals surface area contributed by atoms with Gasteiger partial charge in [0.1, 0.15) is 5.75 Å². The van der Waals surface area contributed by atoms with Gasteiger partial charge in [-0.2, -0.15) is 0 Å². The van der Waals surface area contributed by atoms with Gasteiger partial charge in [0.15, 0.2) is 0 Å². The number of phenolic OH excluding ortho intramolecular Hbond substituents is 1. The van der Waals surface area contributed by atoms with Crippen LogP contribution in [0.5, 0.6) is 5.75 Å². The van der Waals surface area contributed by atoms with Crippen molar-refractivity contribution in [2.24, 2.45) is 11.5 Å². The molecule has 0 saturated carbocycles. The molecule has 0 saturated heterocycles. The quantitative estimate of drug-likeness (QED) is 0.554. The Bertz CT molecular complexity index is 465. The van der Waals surface area contributed by atoms with Crippen LogP contribution in [0.4, 0.5) is 0 Å². The van der Waals surface area contributed by atoms with Crippen LogP contribution in [0.3, 0.4) is 0 Å². The molecule has 0 spiro atoms. The molecule has 16 heavy (non-hydrogen) atoms. The maximum absolute atomic E-state index is 9.30. The molecule has 0 bridgehead atoms. The largest absolute Gasteiger partial charge is 0.508 e. The van der Waals surface area contributed by atoms with Gasteiger partial charge in [-0.25, -0.2) is 0 Å². The molecule has 5 heteroatoms. The average Bonchev–Trinajstić information content (AvgIpc) is 2.63. The van der Waals surface area contributed by atoms with Crippen LogP contribution in [0.1, 0.15) is 5.56 Å². The highest BCUT2D eigenvalue weighted by Gasteiger charge is 2.02. The highest BCUT2D eigenvalue weighted by Crippen LogP contribution is 2.22. The number of primary amides is 1. The maximum atomic E-state index is 9.30. The minimum atomic E-state index is 0.250. The zero-order valence-corrected chi connectivity index (χ0v) is 8.81. The van der Waals surface area contributed by atoms with Crippen LogP contribution in [0, 0.1) is 0 Å². The van der Waals surface area contributed by atoms with Crippen molar-refractivity contribution >= 4 is 17.3 Å². The molecule has 2 rings (SSSR count). The highest BCUT2D eigenvalue weighted by atomic mass is 16.3. The first-order valence-corrected chi connectivity index (χ1v) is 4.87. The number of aromatic nitrogens is 1. The monoisotopic (exact) mass is 221 g/mol. The molecule has 0 aliphatic heterocycles. The van der Waals surface area contributed by atoms with Gasteiger partial charge in [-0.3, -0.25) is 4.79 Å². The Morgan fingerprint density at radius 3 is 2.75 bits per heavy atom. The number of amides is 1. The Morgan fingerprint density at radius 2 is 2.12 bits per heavy atom. The summed E-state index contributed by atoms with van der Waals surface area (Å²) in [5.74, 6) is 0.297. The van der Waals surface area contributed by atoms with E-state index >= 15 is 0 Å². The van der Waals surface area contributed by atoms with E-state index in [0.29, 0.717) is 12.3 Å². The highest BCUT2D eigenvalue weighted by molar-refractivity contribution is 5.84. The number of benzene rings is 1. The summed E-state index contributed by atoms with van der Waals surface area (Å²) in [4.78, 5) is 11.7. The van der Waals surface area contributed by atoms with Crippen LogP contribution in [-0.2, 0) is 11.2 Å². The van der Waals surface area contributed by atoms with E-state index in [9.17, 15) is 5.11 Å². The molecule has 0 aliphatic rings. The minimum Gasteiger partial charge on any atom is -0.508 e. The number of carbonyl (C=O) groups is 1. The summed E-state index contributed by atoms with van der Waals surface area (Å²) in [5, 5.41) is 10.4. The van der Waals surface area contributed by atoms with E-state index in [1.165, 1.54) is 0 Å². The third kappa shape index (κ3) is 2.74. The number of phenols is 1. The second kappa shape index (κ2) is 5.77. The number of hydrogen-bond acceptors (Lipinski definition) is 3. The first-order valence-electron chi connectivity index (χ1n) is 4.87. The van der Waals surface area contributed by atoms with Crippen LogP contribution in [0.25, 0.3) is 10.9 Å². The molecular weight excluding hydrogens is 206 g/mol. The topological polar surface area (TPSA) is 105 Å². The van der Waals surface area contributed by atoms with Crippen molar-refractivity contribution in [1.82, 2.24) is 4.98 Å². The molecule has 0 atom stereocenters. The van der Waals surface area contributed by atoms with Crippen molar-refractivity contribution in [2.75, 3.05) is 6.54 Å². The van der Waals surface area contributed by atoms with Crippen LogP contribution in [0.2, 0.25) is 0 Å². The molecule has 5 nitrogen and oxygen atoms in total. The number of H-pyrrole nitrogens is 1. The van der Waals surface area contributed by atoms with Crippen molar-refractivity contribution in [3.05, 3.63) is 30.0 Å². The Morgan fingerprint density at radius 1 is 1.44 bits per heavy atom. The molecule has 1 amide bonds. The summed E-state index contributed by atoms with van der Waals surface area (Å²) < 4.78 is 0. The summed E-state index contributed by atoms with van der Waals surface area (Å²) in [6.07, 6.45) is 3.03. The maximum Gasteiger partial charge on any atom is 0.204 e. The van der Waals surface area contributed by atoms with Gasteiger partial charge in [0.2, 0.25) is 6.41 Å². The lowest BCUT2D eigenvalue weighted by molar-refractivity contribution is -0.106. The number of rotatable bonds is 2. The van der Waals surface area contributed by atoms with E-state index in [2.05, 4.69) is 10.7 Å². The first-order chi connectivity index (χ1) is 7.72. The zero-order valence-electron chi connectivity index (χ0n) is 8.81. The van der Waals surface area contributed by atoms with Gasteiger partial charge >= 0.3 is 0 Å². The van der Waals surface area contributed by atoms with Gasteiger partial charge < -0.3 is 21.6 Å². The Kier molecular flexibility index (Phi) is 4.35. The number of hydrogen-bond donors (Lipinski definition) is 4. The second-order valence-corrected chi connectivity index (χ2v) is 3.22. The van der Waals surface area contributed by atoms with Gasteiger partial charge in [0.05, 0.1) is 0 Å². The van der Waals surface area contributed by atoms with E-state index in [-0.39, 0.29) is 6.41 Å². The fourth-order valence-electron chi connectivity index (χ4n) is 1.53. The zero-order chi connectivity index (χ0) is 12.0. The molecule has 2 aromatic rings. The molecule has 1 heterocycles. The van der Waals surface area contributed by atoms with Crippen molar-refractivity contribution in [3.63, 3.8) is 0 Å². The number of carbonyl (C=O) groups excluding carboxylic acids is 1. The first kappa shape index (κ1) is 12.1. The van der Waals surface area contributed by atoms with Crippen LogP contribution >= 0.6 is 0 Å². The van der Waals surface area contributed by atoms with E-state index in [4.69, 9.17) is 10.5 Å². The summed E-state index contributed by atoms with van der Waals surface area (Å²) in [7, 11) is 0. The molecule has 0 radical (unpaired) electrons. The van der Waals surface area contributed by atoms with Crippen LogP contribution in [0.15, 0.2) is 24.4 Å². The number of aromatic amines is 1. The summed E-state index contributed by atoms with van der Waals surface area (Å²) in [6.45, 7) is 0.628. The molecule has 86 valence electrons. The van der Waals surface area contributed by atoms with Crippen LogP contribution in [-0.4, -0.2) is 23.0 Å². The lowest BCUT2D eigenvalue weighted by atomic mass is 10.1. The van der Waals surface area contributed by atoms with Crippen LogP contribution < -0.4 is 11.5 Å². The molecule has 0 aliphatic carbocycles. The average molecular weight is 221 g/mol. The molecular formula is C11H15N3O2. The molecule has 0 unspecified atom stereocenters. The van der Waals surface area contributed by atoms with Crippen molar-refractivity contribution in [3.8, 4) is 5.75 Å². The lowest BCUT2D eigenvalue weighted by Gasteiger charge is -1.96. The number of nitrogens with one attached hydrogen (secondary N) is 1. The summed E-state index contributed by atoms with van der Waals surface area (Å²) in [6, 6.07) is 5.30. The third-order valence-corrected chi connectivity index (χ3v) is 2.16. The van der Waals surface area contributed by atoms with E-state index in [0.717, 1.165) is 22.9 Å². The normalized spacial score (nSPS) is 9.56. The Labute approximate surface area is 93.1 Å². The molecule has 6 N–H and O–H groups in total. The van der Waals surface area contributed by atoms with Gasteiger partial charge in [-0.1, -0.05) is 0 Å². The predicted octanol–water partition coefficient (Wildman–Crippen LogP) is 0.476. The standard InChI is InChI=1S/C10H12N2O.CH3NO/c11-4-3-7-6-12-10-2-1-8(13)5-9(7)10;2-1-3/h1-2,5-6,12-13H,3-4,11H2;1H,(H2,2,3). The lowest BCUT2D eigenvalue weighted by Crippen LogP contribution is -2.01. The summed E-state index contributed by atoms with van der Waals surface area (Å²) >= 11 is 0. The van der Waals surface area contributed by atoms with E-state index in [1.54, 1.807) is 12.1 Å². The second-order valence-electron chi connectivity index (χ2n) is 3.22. The number of fused-ring (bicyclic) bond motifs is 1. The minimum absolute atomic E-state index is 0.250.